The number of carbonyl (C=O) groups is 1. The lowest BCUT2D eigenvalue weighted by atomic mass is 10.2. The highest BCUT2D eigenvalue weighted by atomic mass is 32.2. The van der Waals surface area contributed by atoms with Gasteiger partial charge in [-0.15, -0.1) is 5.10 Å². The van der Waals surface area contributed by atoms with Crippen molar-refractivity contribution in [3.63, 3.8) is 0 Å². The van der Waals surface area contributed by atoms with E-state index in [-0.39, 0.29) is 16.5 Å². The van der Waals surface area contributed by atoms with Crippen molar-refractivity contribution >= 4 is 21.9 Å². The van der Waals surface area contributed by atoms with Crippen molar-refractivity contribution < 1.29 is 17.6 Å². The Hall–Kier alpha value is -2.26. The highest BCUT2D eigenvalue weighted by Crippen LogP contribution is 2.14. The molecule has 8 nitrogen and oxygen atoms in total. The largest absolute Gasteiger partial charge is 0.411 e. The third-order valence-electron chi connectivity index (χ3n) is 2.48. The molecule has 0 saturated heterocycles. The highest BCUT2D eigenvalue weighted by Gasteiger charge is 2.17. The van der Waals surface area contributed by atoms with E-state index in [1.165, 1.54) is 38.4 Å². The third kappa shape index (κ3) is 2.83. The van der Waals surface area contributed by atoms with Gasteiger partial charge in [0.05, 0.1) is 4.90 Å². The fourth-order valence-corrected chi connectivity index (χ4v) is 2.29. The fourth-order valence-electron chi connectivity index (χ4n) is 1.39. The number of hydrogen-bond donors (Lipinski definition) is 1. The number of benzene rings is 1. The lowest BCUT2D eigenvalue weighted by Gasteiger charge is -2.11. The highest BCUT2D eigenvalue weighted by molar-refractivity contribution is 7.89. The summed E-state index contributed by atoms with van der Waals surface area (Å²) in [5.74, 6) is -0.469. The molecule has 0 aliphatic heterocycles. The summed E-state index contributed by atoms with van der Waals surface area (Å²) in [6, 6.07) is 5.50. The summed E-state index contributed by atoms with van der Waals surface area (Å²) >= 11 is 0. The van der Waals surface area contributed by atoms with Gasteiger partial charge < -0.3 is 4.42 Å². The van der Waals surface area contributed by atoms with Crippen LogP contribution in [0.15, 0.2) is 40.0 Å². The standard InChI is InChI=1S/C11H12N4O4S/c1-15(2)20(17,18)9-5-3-8(4-6-9)10(16)13-11-14-12-7-19-11/h3-7H,1-2H3,(H,13,14,16). The second kappa shape index (κ2) is 5.39. The Bertz CT molecular complexity index is 693. The predicted octanol–water partition coefficient (Wildman–Crippen LogP) is 0.572. The number of aromatic nitrogens is 2. The van der Waals surface area contributed by atoms with Crippen molar-refractivity contribution in [2.45, 2.75) is 4.90 Å². The van der Waals surface area contributed by atoms with Gasteiger partial charge in [-0.05, 0) is 24.3 Å². The SMILES string of the molecule is CN(C)S(=O)(=O)c1ccc(C(=O)Nc2nnco2)cc1. The first-order valence-corrected chi connectivity index (χ1v) is 6.95. The molecule has 9 heteroatoms. The van der Waals surface area contributed by atoms with Crippen LogP contribution in [0.1, 0.15) is 10.4 Å². The molecule has 0 atom stereocenters. The van der Waals surface area contributed by atoms with E-state index >= 15 is 0 Å². The molecule has 1 heterocycles. The van der Waals surface area contributed by atoms with Crippen LogP contribution < -0.4 is 5.32 Å². The van der Waals surface area contributed by atoms with Crippen molar-refractivity contribution in [2.24, 2.45) is 0 Å². The van der Waals surface area contributed by atoms with Gasteiger partial charge in [0.1, 0.15) is 0 Å². The van der Waals surface area contributed by atoms with Gasteiger partial charge in [-0.1, -0.05) is 5.10 Å². The normalized spacial score (nSPS) is 11.6. The molecule has 0 unspecified atom stereocenters. The molecular weight excluding hydrogens is 284 g/mol. The summed E-state index contributed by atoms with van der Waals surface area (Å²) in [6.45, 7) is 0. The molecule has 0 aliphatic rings. The second-order valence-corrected chi connectivity index (χ2v) is 6.16. The monoisotopic (exact) mass is 296 g/mol. The molecular formula is C11H12N4O4S. The number of rotatable bonds is 4. The fraction of sp³-hybridized carbons (Fsp3) is 0.182. The molecule has 1 amide bonds. The molecule has 0 spiro atoms. The molecule has 1 aromatic heterocycles. The molecule has 0 saturated carbocycles. The molecule has 20 heavy (non-hydrogen) atoms. The van der Waals surface area contributed by atoms with Crippen LogP contribution in [0.4, 0.5) is 6.01 Å². The number of amides is 1. The van der Waals surface area contributed by atoms with Crippen LogP contribution in [0.3, 0.4) is 0 Å². The van der Waals surface area contributed by atoms with Gasteiger partial charge in [0, 0.05) is 19.7 Å². The number of carbonyl (C=O) groups excluding carboxylic acids is 1. The molecule has 1 aromatic carbocycles. The Balaban J connectivity index is 2.18. The van der Waals surface area contributed by atoms with Crippen LogP contribution in [0.5, 0.6) is 0 Å². The van der Waals surface area contributed by atoms with Gasteiger partial charge in [-0.2, -0.15) is 0 Å². The van der Waals surface area contributed by atoms with E-state index in [0.717, 1.165) is 10.7 Å². The van der Waals surface area contributed by atoms with Crippen LogP contribution in [0.25, 0.3) is 0 Å². The zero-order valence-electron chi connectivity index (χ0n) is 10.8. The minimum absolute atomic E-state index is 0.0278. The van der Waals surface area contributed by atoms with E-state index in [0.29, 0.717) is 0 Å². The van der Waals surface area contributed by atoms with Gasteiger partial charge in [-0.25, -0.2) is 12.7 Å². The maximum absolute atomic E-state index is 11.9. The van der Waals surface area contributed by atoms with Gasteiger partial charge >= 0.3 is 6.01 Å². The predicted molar refractivity (Wildman–Crippen MR) is 69.6 cm³/mol. The number of hydrogen-bond acceptors (Lipinski definition) is 6. The zero-order valence-corrected chi connectivity index (χ0v) is 11.6. The van der Waals surface area contributed by atoms with Crippen LogP contribution in [-0.4, -0.2) is 42.9 Å². The van der Waals surface area contributed by atoms with Gasteiger partial charge in [0.15, 0.2) is 0 Å². The van der Waals surface area contributed by atoms with E-state index in [1.54, 1.807) is 0 Å². The Morgan fingerprint density at radius 2 is 1.90 bits per heavy atom. The van der Waals surface area contributed by atoms with Crippen molar-refractivity contribution in [1.29, 1.82) is 0 Å². The summed E-state index contributed by atoms with van der Waals surface area (Å²) in [6.07, 6.45) is 1.09. The van der Waals surface area contributed by atoms with Crippen molar-refractivity contribution in [1.82, 2.24) is 14.5 Å². The molecule has 0 radical (unpaired) electrons. The summed E-state index contributed by atoms with van der Waals surface area (Å²) < 4.78 is 29.6. The summed E-state index contributed by atoms with van der Waals surface area (Å²) in [5, 5.41) is 9.31. The third-order valence-corrected chi connectivity index (χ3v) is 4.30. The van der Waals surface area contributed by atoms with E-state index in [4.69, 9.17) is 4.42 Å². The Morgan fingerprint density at radius 3 is 2.40 bits per heavy atom. The zero-order chi connectivity index (χ0) is 14.8. The number of anilines is 1. The van der Waals surface area contributed by atoms with Crippen LogP contribution in [0, 0.1) is 0 Å². The molecule has 106 valence electrons. The van der Waals surface area contributed by atoms with E-state index in [9.17, 15) is 13.2 Å². The minimum atomic E-state index is -3.51. The van der Waals surface area contributed by atoms with Gasteiger partial charge in [0.2, 0.25) is 16.4 Å². The molecule has 1 N–H and O–H groups in total. The number of sulfonamides is 1. The molecule has 0 aliphatic carbocycles. The van der Waals surface area contributed by atoms with Crippen LogP contribution in [-0.2, 0) is 10.0 Å². The first-order chi connectivity index (χ1) is 9.41. The van der Waals surface area contributed by atoms with Gasteiger partial charge in [0.25, 0.3) is 5.91 Å². The maximum Gasteiger partial charge on any atom is 0.322 e. The summed E-state index contributed by atoms with van der Waals surface area (Å²) in [4.78, 5) is 11.9. The Morgan fingerprint density at radius 1 is 1.25 bits per heavy atom. The average molecular weight is 296 g/mol. The number of nitrogens with zero attached hydrogens (tertiary/aromatic N) is 3. The topological polar surface area (TPSA) is 105 Å². The van der Waals surface area contributed by atoms with Crippen molar-refractivity contribution in [3.8, 4) is 0 Å². The van der Waals surface area contributed by atoms with E-state index < -0.39 is 15.9 Å². The molecule has 2 aromatic rings. The Labute approximate surface area is 115 Å². The maximum atomic E-state index is 11.9. The van der Waals surface area contributed by atoms with Crippen molar-refractivity contribution in [2.75, 3.05) is 19.4 Å². The van der Waals surface area contributed by atoms with E-state index in [2.05, 4.69) is 15.5 Å². The van der Waals surface area contributed by atoms with Crippen molar-refractivity contribution in [3.05, 3.63) is 36.2 Å². The smallest absolute Gasteiger partial charge is 0.322 e. The first kappa shape index (κ1) is 14.2. The van der Waals surface area contributed by atoms with Crippen LogP contribution in [0.2, 0.25) is 0 Å². The lowest BCUT2D eigenvalue weighted by Crippen LogP contribution is -2.22. The Kier molecular flexibility index (Phi) is 3.81. The first-order valence-electron chi connectivity index (χ1n) is 5.51. The van der Waals surface area contributed by atoms with Crippen LogP contribution >= 0.6 is 0 Å². The molecule has 0 bridgehead atoms. The van der Waals surface area contributed by atoms with E-state index in [1.807, 2.05) is 0 Å². The van der Waals surface area contributed by atoms with Gasteiger partial charge in [-0.3, -0.25) is 10.1 Å². The lowest BCUT2D eigenvalue weighted by molar-refractivity contribution is 0.102. The minimum Gasteiger partial charge on any atom is -0.411 e. The summed E-state index contributed by atoms with van der Waals surface area (Å²) in [7, 11) is -0.636. The average Bonchev–Trinajstić information content (AvgIpc) is 2.91. The molecule has 2 rings (SSSR count). The summed E-state index contributed by atoms with van der Waals surface area (Å²) in [5.41, 5.74) is 0.279. The quantitative estimate of drug-likeness (QED) is 0.884. The number of nitrogens with one attached hydrogen (secondary N) is 1. The molecule has 0 fully saturated rings. The second-order valence-electron chi connectivity index (χ2n) is 4.01.